The van der Waals surface area contributed by atoms with Gasteiger partial charge >= 0.3 is 5.97 Å². The van der Waals surface area contributed by atoms with Gasteiger partial charge in [-0.1, -0.05) is 13.8 Å². The molecular formula is C16H29N5O7. The lowest BCUT2D eigenvalue weighted by atomic mass is 10.0. The normalized spacial score (nSPS) is 16.2. The molecule has 0 aliphatic carbocycles. The van der Waals surface area contributed by atoms with Gasteiger partial charge < -0.3 is 37.6 Å². The Hall–Kier alpha value is -2.73. The Kier molecular flexibility index (Phi) is 10.1. The maximum Gasteiger partial charge on any atom is 0.326 e. The van der Waals surface area contributed by atoms with Gasteiger partial charge in [0.2, 0.25) is 23.6 Å². The number of aliphatic hydroxyl groups is 1. The zero-order chi connectivity index (χ0) is 22.2. The molecule has 0 radical (unpaired) electrons. The minimum absolute atomic E-state index is 0.208. The van der Waals surface area contributed by atoms with Crippen molar-refractivity contribution in [3.63, 3.8) is 0 Å². The first-order chi connectivity index (χ1) is 12.8. The van der Waals surface area contributed by atoms with Crippen molar-refractivity contribution in [1.82, 2.24) is 16.0 Å². The summed E-state index contributed by atoms with van der Waals surface area (Å²) >= 11 is 0. The Morgan fingerprint density at radius 1 is 0.893 bits per heavy atom. The molecule has 0 saturated carbocycles. The molecule has 0 aromatic carbocycles. The van der Waals surface area contributed by atoms with E-state index in [1.165, 1.54) is 13.8 Å². The Bertz CT molecular complexity index is 608. The Morgan fingerprint density at radius 3 is 1.82 bits per heavy atom. The molecule has 5 atom stereocenters. The maximum absolute atomic E-state index is 12.3. The third-order valence-corrected chi connectivity index (χ3v) is 3.86. The van der Waals surface area contributed by atoms with Gasteiger partial charge in [0, 0.05) is 0 Å². The summed E-state index contributed by atoms with van der Waals surface area (Å²) in [6.07, 6.45) is -1.92. The van der Waals surface area contributed by atoms with E-state index in [1.807, 2.05) is 0 Å². The summed E-state index contributed by atoms with van der Waals surface area (Å²) in [6, 6.07) is -5.06. The van der Waals surface area contributed by atoms with E-state index >= 15 is 0 Å². The minimum atomic E-state index is -1.55. The molecule has 0 heterocycles. The van der Waals surface area contributed by atoms with Crippen LogP contribution in [0.2, 0.25) is 0 Å². The molecule has 12 heteroatoms. The van der Waals surface area contributed by atoms with E-state index in [9.17, 15) is 29.1 Å². The highest BCUT2D eigenvalue weighted by molar-refractivity contribution is 5.94. The second-order valence-corrected chi connectivity index (χ2v) is 6.80. The number of carboxylic acids is 1. The summed E-state index contributed by atoms with van der Waals surface area (Å²) < 4.78 is 0. The van der Waals surface area contributed by atoms with Gasteiger partial charge in [-0.2, -0.15) is 0 Å². The number of carbonyl (C=O) groups excluding carboxylic acids is 4. The molecule has 28 heavy (non-hydrogen) atoms. The van der Waals surface area contributed by atoms with E-state index < -0.39 is 66.3 Å². The van der Waals surface area contributed by atoms with Crippen molar-refractivity contribution < 1.29 is 34.2 Å². The van der Waals surface area contributed by atoms with Crippen LogP contribution in [0.5, 0.6) is 0 Å². The quantitative estimate of drug-likeness (QED) is 0.186. The summed E-state index contributed by atoms with van der Waals surface area (Å²) in [5.41, 5.74) is 10.6. The van der Waals surface area contributed by atoms with Crippen molar-refractivity contribution in [2.75, 3.05) is 0 Å². The average Bonchev–Trinajstić information content (AvgIpc) is 2.56. The molecule has 5 unspecified atom stereocenters. The minimum Gasteiger partial charge on any atom is -0.480 e. The number of hydrogen-bond donors (Lipinski definition) is 7. The summed E-state index contributed by atoms with van der Waals surface area (Å²) in [6.45, 7) is 5.94. The highest BCUT2D eigenvalue weighted by Gasteiger charge is 2.31. The van der Waals surface area contributed by atoms with E-state index in [0.29, 0.717) is 0 Å². The first kappa shape index (κ1) is 25.3. The molecular weight excluding hydrogens is 374 g/mol. The lowest BCUT2D eigenvalue weighted by Gasteiger charge is -2.25. The third-order valence-electron chi connectivity index (χ3n) is 3.86. The second-order valence-electron chi connectivity index (χ2n) is 6.80. The largest absolute Gasteiger partial charge is 0.480 e. The molecule has 0 fully saturated rings. The van der Waals surface area contributed by atoms with Gasteiger partial charge in [-0.15, -0.1) is 0 Å². The standard InChI is InChI=1S/C16H29N5O7/c1-6(2)11(18)14(25)21-12(8(4)22)15(26)19-7(3)13(24)20-9(16(27)28)5-10(17)23/h6-9,11-12,22H,5,18H2,1-4H3,(H2,17,23)(H,19,26)(H,20,24)(H,21,25)(H,27,28). The smallest absolute Gasteiger partial charge is 0.326 e. The van der Waals surface area contributed by atoms with E-state index in [0.717, 1.165) is 0 Å². The Balaban J connectivity index is 5.01. The fraction of sp³-hybridized carbons (Fsp3) is 0.688. The number of hydrogen-bond acceptors (Lipinski definition) is 7. The highest BCUT2D eigenvalue weighted by atomic mass is 16.4. The molecule has 0 aliphatic rings. The first-order valence-corrected chi connectivity index (χ1v) is 8.63. The van der Waals surface area contributed by atoms with E-state index in [4.69, 9.17) is 16.6 Å². The molecule has 0 rings (SSSR count). The number of aliphatic carboxylic acids is 1. The predicted octanol–water partition coefficient (Wildman–Crippen LogP) is -3.22. The number of carboxylic acid groups (broad SMARTS) is 1. The summed E-state index contributed by atoms with van der Waals surface area (Å²) in [5, 5.41) is 25.4. The molecule has 160 valence electrons. The lowest BCUT2D eigenvalue weighted by molar-refractivity contribution is -0.143. The van der Waals surface area contributed by atoms with Crippen LogP contribution in [0.15, 0.2) is 0 Å². The predicted molar refractivity (Wildman–Crippen MR) is 97.4 cm³/mol. The number of amides is 4. The fourth-order valence-electron chi connectivity index (χ4n) is 2.02. The topological polar surface area (TPSA) is 214 Å². The molecule has 0 aromatic heterocycles. The van der Waals surface area contributed by atoms with E-state index in [1.54, 1.807) is 13.8 Å². The van der Waals surface area contributed by atoms with Gasteiger partial charge in [0.1, 0.15) is 18.1 Å². The molecule has 0 spiro atoms. The van der Waals surface area contributed by atoms with Crippen LogP contribution in [0, 0.1) is 5.92 Å². The Morgan fingerprint density at radius 2 is 1.43 bits per heavy atom. The molecule has 12 nitrogen and oxygen atoms in total. The van der Waals surface area contributed by atoms with Gasteiger partial charge in [0.05, 0.1) is 18.6 Å². The maximum atomic E-state index is 12.3. The highest BCUT2D eigenvalue weighted by Crippen LogP contribution is 2.02. The Labute approximate surface area is 162 Å². The van der Waals surface area contributed by atoms with Crippen molar-refractivity contribution in [3.8, 4) is 0 Å². The van der Waals surface area contributed by atoms with Crippen LogP contribution in [0.3, 0.4) is 0 Å². The molecule has 0 bridgehead atoms. The molecule has 0 aliphatic heterocycles. The van der Waals surface area contributed by atoms with Gasteiger partial charge in [-0.25, -0.2) is 4.79 Å². The van der Waals surface area contributed by atoms with Crippen LogP contribution in [0.4, 0.5) is 0 Å². The number of carbonyl (C=O) groups is 5. The first-order valence-electron chi connectivity index (χ1n) is 8.63. The molecule has 0 aromatic rings. The average molecular weight is 403 g/mol. The summed E-state index contributed by atoms with van der Waals surface area (Å²) in [4.78, 5) is 58.4. The van der Waals surface area contributed by atoms with Gasteiger partial charge in [0.25, 0.3) is 0 Å². The number of aliphatic hydroxyl groups excluding tert-OH is 1. The van der Waals surface area contributed by atoms with Crippen LogP contribution in [-0.2, 0) is 24.0 Å². The van der Waals surface area contributed by atoms with Crippen LogP contribution >= 0.6 is 0 Å². The zero-order valence-electron chi connectivity index (χ0n) is 16.3. The van der Waals surface area contributed by atoms with Crippen LogP contribution in [-0.4, -0.2) is 70.1 Å². The number of nitrogens with two attached hydrogens (primary N) is 2. The zero-order valence-corrected chi connectivity index (χ0v) is 16.3. The molecule has 4 amide bonds. The summed E-state index contributed by atoms with van der Waals surface area (Å²) in [5.74, 6) is -5.02. The van der Waals surface area contributed by atoms with Crippen LogP contribution < -0.4 is 27.4 Å². The number of nitrogens with one attached hydrogen (secondary N) is 3. The van der Waals surface area contributed by atoms with Crippen molar-refractivity contribution in [3.05, 3.63) is 0 Å². The molecule has 0 saturated heterocycles. The van der Waals surface area contributed by atoms with Crippen molar-refractivity contribution >= 4 is 29.6 Å². The van der Waals surface area contributed by atoms with E-state index in [-0.39, 0.29) is 5.92 Å². The van der Waals surface area contributed by atoms with Crippen LogP contribution in [0.25, 0.3) is 0 Å². The second kappa shape index (κ2) is 11.2. The number of rotatable bonds is 11. The summed E-state index contributed by atoms with van der Waals surface area (Å²) in [7, 11) is 0. The van der Waals surface area contributed by atoms with Crippen molar-refractivity contribution in [2.24, 2.45) is 17.4 Å². The SMILES string of the molecule is CC(NC(=O)C(NC(=O)C(N)C(C)C)C(C)O)C(=O)NC(CC(N)=O)C(=O)O. The van der Waals surface area contributed by atoms with Crippen LogP contribution in [0.1, 0.15) is 34.1 Å². The fourth-order valence-corrected chi connectivity index (χ4v) is 2.02. The molecule has 9 N–H and O–H groups in total. The van der Waals surface area contributed by atoms with Gasteiger partial charge in [0.15, 0.2) is 0 Å². The number of primary amides is 1. The van der Waals surface area contributed by atoms with Gasteiger partial charge in [-0.05, 0) is 19.8 Å². The third kappa shape index (κ3) is 8.31. The lowest BCUT2D eigenvalue weighted by Crippen LogP contribution is -2.59. The van der Waals surface area contributed by atoms with Crippen molar-refractivity contribution in [1.29, 1.82) is 0 Å². The monoisotopic (exact) mass is 403 g/mol. The van der Waals surface area contributed by atoms with Gasteiger partial charge in [-0.3, -0.25) is 19.2 Å². The van der Waals surface area contributed by atoms with E-state index in [2.05, 4.69) is 16.0 Å². The van der Waals surface area contributed by atoms with Crippen molar-refractivity contribution in [2.45, 2.75) is 64.4 Å².